The van der Waals surface area contributed by atoms with Crippen LogP contribution in [0.3, 0.4) is 0 Å². The summed E-state index contributed by atoms with van der Waals surface area (Å²) >= 11 is 0. The van der Waals surface area contributed by atoms with Gasteiger partial charge in [-0.3, -0.25) is 28.8 Å². The number of ketones is 1. The number of hydrogen-bond donors (Lipinski definition) is 5. The molecule has 3 rings (SSSR count). The zero-order chi connectivity index (χ0) is 43.3. The summed E-state index contributed by atoms with van der Waals surface area (Å²) in [6.45, 7) is 7.72. The second kappa shape index (κ2) is 21.9. The molecule has 1 saturated heterocycles. The number of carboxylic acid groups (broad SMARTS) is 1. The van der Waals surface area contributed by atoms with E-state index in [1.807, 2.05) is 0 Å². The predicted molar refractivity (Wildman–Crippen MR) is 209 cm³/mol. The number of Topliss-reactive ketones (excluding diaryl/α,β-unsaturated/α-hetero) is 1. The van der Waals surface area contributed by atoms with E-state index in [4.69, 9.17) is 29.8 Å². The molecule has 3 aliphatic rings. The summed E-state index contributed by atoms with van der Waals surface area (Å²) < 4.78 is 23.1. The number of fused-ring (bicyclic) bond motifs is 3. The third-order valence-corrected chi connectivity index (χ3v) is 11.8. The van der Waals surface area contributed by atoms with Crippen molar-refractivity contribution in [3.05, 3.63) is 11.1 Å². The van der Waals surface area contributed by atoms with Crippen molar-refractivity contribution in [2.24, 2.45) is 11.7 Å². The van der Waals surface area contributed by atoms with Crippen LogP contribution in [-0.4, -0.2) is 105 Å². The van der Waals surface area contributed by atoms with Gasteiger partial charge >= 0.3 is 29.8 Å². The fourth-order valence-electron chi connectivity index (χ4n) is 8.41. The lowest BCUT2D eigenvalue weighted by Crippen LogP contribution is -2.64. The summed E-state index contributed by atoms with van der Waals surface area (Å²) in [4.78, 5) is 88.6. The number of carbonyl (C=O) groups excluding carboxylic acids is 6. The summed E-state index contributed by atoms with van der Waals surface area (Å²) in [6, 6.07) is -1.05. The third-order valence-electron chi connectivity index (χ3n) is 11.8. The van der Waals surface area contributed by atoms with Gasteiger partial charge in [0.1, 0.15) is 17.7 Å². The maximum atomic E-state index is 13.8. The fraction of sp³-hybridized carbons (Fsp3) is 0.786. The molecule has 1 aliphatic heterocycles. The van der Waals surface area contributed by atoms with E-state index in [9.17, 15) is 43.8 Å². The molecule has 2 fully saturated rings. The Bertz CT molecular complexity index is 1530. The predicted octanol–water partition coefficient (Wildman–Crippen LogP) is 4.03. The standard InChI is InChI=1S/C42H66N2O14/c1-6-7-8-14-17-21-32(48)56-36-34-33(26(2)35(36)49)37-42(54,41(5,53)39(52)57-37)29(25-40(34,4)58-27(3)45)55-31(47)20-18-15-12-10-9-11-13-16-19-24-44-30(46)23-22-28(43)38(50)51/h28-29,34,36-37,53-54H,6-25,43H2,1-5H3,(H,44,46)(H,50,51)/t28?,29-,34+,36-,37-,40-,41+,42+/m0/s1. The van der Waals surface area contributed by atoms with Gasteiger partial charge in [-0.15, -0.1) is 0 Å². The highest BCUT2D eigenvalue weighted by atomic mass is 16.6. The summed E-state index contributed by atoms with van der Waals surface area (Å²) in [5.74, 6) is -6.48. The molecule has 1 amide bonds. The van der Waals surface area contributed by atoms with Crippen LogP contribution in [0, 0.1) is 5.92 Å². The van der Waals surface area contributed by atoms with Crippen LogP contribution in [0.5, 0.6) is 0 Å². The van der Waals surface area contributed by atoms with E-state index in [0.717, 1.165) is 90.9 Å². The maximum absolute atomic E-state index is 13.8. The minimum Gasteiger partial charge on any atom is -0.480 e. The average Bonchev–Trinajstić information content (AvgIpc) is 3.47. The molecular weight excluding hydrogens is 756 g/mol. The molecule has 0 bridgehead atoms. The Morgan fingerprint density at radius 1 is 0.845 bits per heavy atom. The maximum Gasteiger partial charge on any atom is 0.341 e. The second-order valence-corrected chi connectivity index (χ2v) is 16.5. The van der Waals surface area contributed by atoms with E-state index < -0.39 is 89.1 Å². The Labute approximate surface area is 341 Å². The molecule has 1 saturated carbocycles. The van der Waals surface area contributed by atoms with Crippen molar-refractivity contribution in [3.63, 3.8) is 0 Å². The number of amides is 1. The number of esters is 4. The molecule has 0 aromatic heterocycles. The highest BCUT2D eigenvalue weighted by Gasteiger charge is 2.75. The number of carbonyl (C=O) groups is 7. The smallest absolute Gasteiger partial charge is 0.341 e. The number of hydrogen-bond acceptors (Lipinski definition) is 14. The summed E-state index contributed by atoms with van der Waals surface area (Å²) in [6.07, 6.45) is 7.00. The van der Waals surface area contributed by atoms with E-state index in [1.54, 1.807) is 0 Å². The van der Waals surface area contributed by atoms with Gasteiger partial charge in [-0.05, 0) is 57.6 Å². The lowest BCUT2D eigenvalue weighted by Gasteiger charge is -2.41. The Hall–Kier alpha value is -3.89. The highest BCUT2D eigenvalue weighted by molar-refractivity contribution is 6.04. The molecule has 16 heteroatoms. The summed E-state index contributed by atoms with van der Waals surface area (Å²) in [7, 11) is 0. The number of rotatable bonds is 25. The number of nitrogens with two attached hydrogens (primary N) is 1. The van der Waals surface area contributed by atoms with E-state index in [0.29, 0.717) is 19.4 Å². The van der Waals surface area contributed by atoms with E-state index >= 15 is 0 Å². The van der Waals surface area contributed by atoms with Gasteiger partial charge in [0.2, 0.25) is 5.91 Å². The number of ether oxygens (including phenoxy) is 4. The van der Waals surface area contributed by atoms with Gasteiger partial charge in [0.25, 0.3) is 0 Å². The molecular formula is C42H66N2O14. The van der Waals surface area contributed by atoms with Crippen molar-refractivity contribution in [1.29, 1.82) is 0 Å². The van der Waals surface area contributed by atoms with Crippen molar-refractivity contribution in [1.82, 2.24) is 5.32 Å². The van der Waals surface area contributed by atoms with Crippen molar-refractivity contribution >= 4 is 41.5 Å². The second-order valence-electron chi connectivity index (χ2n) is 16.5. The van der Waals surface area contributed by atoms with Crippen LogP contribution in [0.25, 0.3) is 0 Å². The Kier molecular flexibility index (Phi) is 18.3. The minimum absolute atomic E-state index is 0.0196. The highest BCUT2D eigenvalue weighted by Crippen LogP contribution is 2.56. The summed E-state index contributed by atoms with van der Waals surface area (Å²) in [5.41, 5.74) is -1.46. The number of unbranched alkanes of at least 4 members (excludes halogenated alkanes) is 12. The van der Waals surface area contributed by atoms with Crippen molar-refractivity contribution in [2.45, 2.75) is 198 Å². The first-order chi connectivity index (χ1) is 27.3. The van der Waals surface area contributed by atoms with Crippen LogP contribution in [0.2, 0.25) is 0 Å². The first-order valence-electron chi connectivity index (χ1n) is 21.1. The zero-order valence-corrected chi connectivity index (χ0v) is 34.9. The first kappa shape index (κ1) is 48.5. The van der Waals surface area contributed by atoms with Crippen molar-refractivity contribution in [3.8, 4) is 0 Å². The van der Waals surface area contributed by atoms with Crippen LogP contribution in [0.1, 0.15) is 157 Å². The van der Waals surface area contributed by atoms with Crippen LogP contribution in [0.4, 0.5) is 0 Å². The van der Waals surface area contributed by atoms with Crippen LogP contribution >= 0.6 is 0 Å². The number of carboxylic acids is 1. The first-order valence-corrected chi connectivity index (χ1v) is 21.1. The minimum atomic E-state index is -2.61. The summed E-state index contributed by atoms with van der Waals surface area (Å²) in [5, 5.41) is 35.5. The van der Waals surface area contributed by atoms with Gasteiger partial charge < -0.3 is 45.3 Å². The topological polar surface area (TPSA) is 255 Å². The molecule has 2 aliphatic carbocycles. The molecule has 0 aromatic carbocycles. The molecule has 6 N–H and O–H groups in total. The quantitative estimate of drug-likeness (QED) is 0.0495. The fourth-order valence-corrected chi connectivity index (χ4v) is 8.41. The van der Waals surface area contributed by atoms with Crippen LogP contribution < -0.4 is 11.1 Å². The number of nitrogens with one attached hydrogen (secondary N) is 1. The zero-order valence-electron chi connectivity index (χ0n) is 34.9. The van der Waals surface area contributed by atoms with Crippen LogP contribution in [-0.2, 0) is 52.5 Å². The monoisotopic (exact) mass is 822 g/mol. The molecule has 1 unspecified atom stereocenters. The van der Waals surface area contributed by atoms with Gasteiger partial charge in [0, 0.05) is 39.2 Å². The van der Waals surface area contributed by atoms with Crippen molar-refractivity contribution < 1.29 is 67.8 Å². The third kappa shape index (κ3) is 12.1. The Balaban J connectivity index is 1.59. The lowest BCUT2D eigenvalue weighted by molar-refractivity contribution is -0.211. The van der Waals surface area contributed by atoms with Gasteiger partial charge in [-0.25, -0.2) is 4.79 Å². The SMILES string of the molecule is CCCCCCCC(=O)O[C@@H]1C(=O)C(C)=C2[C@H]1[C@@](C)(OC(C)=O)C[C@H](OC(=O)CCCCCCCCCCCNC(=O)CCC(N)C(=O)O)[C@@]1(O)[C@H]2OC(=O)[C@@]1(C)O. The molecule has 58 heavy (non-hydrogen) atoms. The molecule has 8 atom stereocenters. The molecule has 16 nitrogen and oxygen atoms in total. The van der Waals surface area contributed by atoms with Gasteiger partial charge in [-0.1, -0.05) is 77.6 Å². The van der Waals surface area contributed by atoms with Crippen molar-refractivity contribution in [2.75, 3.05) is 6.54 Å². The lowest BCUT2D eigenvalue weighted by atomic mass is 9.75. The Morgan fingerprint density at radius 2 is 1.38 bits per heavy atom. The number of aliphatic hydroxyl groups is 2. The molecule has 1 heterocycles. The van der Waals surface area contributed by atoms with Gasteiger partial charge in [-0.2, -0.15) is 0 Å². The Morgan fingerprint density at radius 3 is 1.93 bits per heavy atom. The average molecular weight is 823 g/mol. The molecule has 0 spiro atoms. The van der Waals surface area contributed by atoms with E-state index in [1.165, 1.54) is 13.8 Å². The van der Waals surface area contributed by atoms with E-state index in [2.05, 4.69) is 12.2 Å². The van der Waals surface area contributed by atoms with E-state index in [-0.39, 0.29) is 42.7 Å². The van der Waals surface area contributed by atoms with Gasteiger partial charge in [0.05, 0.1) is 5.92 Å². The largest absolute Gasteiger partial charge is 0.480 e. The number of aliphatic carboxylic acids is 1. The van der Waals surface area contributed by atoms with Crippen LogP contribution in [0.15, 0.2) is 11.1 Å². The molecule has 0 aromatic rings. The van der Waals surface area contributed by atoms with Gasteiger partial charge in [0.15, 0.2) is 29.2 Å². The molecule has 0 radical (unpaired) electrons. The molecule has 328 valence electrons. The normalized spacial score (nSPS) is 28.2.